The summed E-state index contributed by atoms with van der Waals surface area (Å²) in [6.45, 7) is 0. The zero-order valence-corrected chi connectivity index (χ0v) is 12.0. The molecule has 1 N–H and O–H groups in total. The van der Waals surface area contributed by atoms with Crippen molar-refractivity contribution in [3.8, 4) is 0 Å². The molecule has 1 unspecified atom stereocenters. The Morgan fingerprint density at radius 2 is 1.48 bits per heavy atom. The fourth-order valence-electron chi connectivity index (χ4n) is 2.72. The van der Waals surface area contributed by atoms with Gasteiger partial charge in [-0.3, -0.25) is 14.5 Å². The van der Waals surface area contributed by atoms with E-state index in [1.165, 1.54) is 0 Å². The van der Waals surface area contributed by atoms with Gasteiger partial charge < -0.3 is 4.89 Å². The lowest BCUT2D eigenvalue weighted by molar-refractivity contribution is -0.235. The first-order chi connectivity index (χ1) is 11.1. The first-order valence-corrected chi connectivity index (χ1v) is 6.99. The lowest BCUT2D eigenvalue weighted by atomic mass is 10.0. The van der Waals surface area contributed by atoms with E-state index in [-0.39, 0.29) is 6.42 Å². The lowest BCUT2D eigenvalue weighted by Gasteiger charge is -2.25. The normalized spacial score (nSPS) is 14.6. The minimum atomic E-state index is -0.921. The van der Waals surface area contributed by atoms with Gasteiger partial charge in [0.2, 0.25) is 0 Å². The standard InChI is InChI=1S/C17H13NO5/c19-15(23-22)10-14(11-6-2-1-3-7-11)18-16(20)12-8-4-5-9-13(12)17(18)21/h1-9,14,22H,10H2. The number of amides is 2. The smallest absolute Gasteiger partial charge is 0.301 e. The van der Waals surface area contributed by atoms with Gasteiger partial charge >= 0.3 is 5.97 Å². The first-order valence-electron chi connectivity index (χ1n) is 6.99. The van der Waals surface area contributed by atoms with E-state index in [4.69, 9.17) is 5.26 Å². The van der Waals surface area contributed by atoms with Gasteiger partial charge in [-0.25, -0.2) is 4.79 Å². The third kappa shape index (κ3) is 2.60. The quantitative estimate of drug-likeness (QED) is 0.532. The van der Waals surface area contributed by atoms with Crippen molar-refractivity contribution in [1.82, 2.24) is 4.90 Å². The van der Waals surface area contributed by atoms with Crippen LogP contribution >= 0.6 is 0 Å². The fourth-order valence-corrected chi connectivity index (χ4v) is 2.72. The summed E-state index contributed by atoms with van der Waals surface area (Å²) in [5.74, 6) is -1.86. The van der Waals surface area contributed by atoms with Crippen LogP contribution in [-0.4, -0.2) is 27.9 Å². The first kappa shape index (κ1) is 14.9. The molecular formula is C17H13NO5. The molecule has 0 bridgehead atoms. The summed E-state index contributed by atoms with van der Waals surface area (Å²) in [6.07, 6.45) is -0.327. The molecule has 116 valence electrons. The summed E-state index contributed by atoms with van der Waals surface area (Å²) < 4.78 is 0. The molecule has 2 aromatic carbocycles. The second-order valence-corrected chi connectivity index (χ2v) is 5.12. The predicted molar refractivity (Wildman–Crippen MR) is 79.5 cm³/mol. The van der Waals surface area contributed by atoms with Crippen LogP contribution in [0, 0.1) is 0 Å². The molecule has 0 aromatic heterocycles. The Labute approximate surface area is 131 Å². The van der Waals surface area contributed by atoms with Crippen molar-refractivity contribution >= 4 is 17.8 Å². The summed E-state index contributed by atoms with van der Waals surface area (Å²) >= 11 is 0. The molecule has 1 aliphatic rings. The van der Waals surface area contributed by atoms with E-state index in [0.717, 1.165) is 4.90 Å². The molecule has 2 amide bonds. The number of hydrogen-bond acceptors (Lipinski definition) is 5. The number of benzene rings is 2. The number of hydrogen-bond donors (Lipinski definition) is 1. The second kappa shape index (κ2) is 6.02. The number of imide groups is 1. The molecule has 0 saturated heterocycles. The van der Waals surface area contributed by atoms with Crippen LogP contribution in [0.3, 0.4) is 0 Å². The van der Waals surface area contributed by atoms with Crippen LogP contribution in [0.1, 0.15) is 38.7 Å². The van der Waals surface area contributed by atoms with E-state index < -0.39 is 23.8 Å². The van der Waals surface area contributed by atoms with Crippen molar-refractivity contribution in [3.05, 3.63) is 71.3 Å². The maximum atomic E-state index is 12.6. The van der Waals surface area contributed by atoms with Crippen molar-refractivity contribution in [2.45, 2.75) is 12.5 Å². The van der Waals surface area contributed by atoms with Crippen molar-refractivity contribution in [3.63, 3.8) is 0 Å². The van der Waals surface area contributed by atoms with E-state index in [1.807, 2.05) is 0 Å². The third-order valence-electron chi connectivity index (χ3n) is 3.78. The maximum absolute atomic E-state index is 12.6. The maximum Gasteiger partial charge on any atom is 0.344 e. The number of rotatable bonds is 4. The summed E-state index contributed by atoms with van der Waals surface area (Å²) in [5.41, 5.74) is 1.21. The minimum absolute atomic E-state index is 0.302. The van der Waals surface area contributed by atoms with Crippen LogP contribution in [0.4, 0.5) is 0 Å². The number of carbonyl (C=O) groups excluding carboxylic acids is 3. The summed E-state index contributed by atoms with van der Waals surface area (Å²) in [7, 11) is 0. The van der Waals surface area contributed by atoms with Gasteiger partial charge in [0.15, 0.2) is 0 Å². The molecule has 0 radical (unpaired) electrons. The SMILES string of the molecule is O=C(CC(c1ccccc1)N1C(=O)c2ccccc2C1=O)OO. The highest BCUT2D eigenvalue weighted by Gasteiger charge is 2.41. The molecular weight excluding hydrogens is 298 g/mol. The molecule has 6 heteroatoms. The molecule has 1 atom stereocenters. The van der Waals surface area contributed by atoms with Crippen molar-refractivity contribution < 1.29 is 24.5 Å². The van der Waals surface area contributed by atoms with E-state index in [2.05, 4.69) is 4.89 Å². The van der Waals surface area contributed by atoms with Gasteiger partial charge in [0, 0.05) is 0 Å². The Morgan fingerprint density at radius 1 is 0.957 bits per heavy atom. The van der Waals surface area contributed by atoms with Crippen LogP contribution in [0.2, 0.25) is 0 Å². The van der Waals surface area contributed by atoms with Crippen LogP contribution in [0.5, 0.6) is 0 Å². The van der Waals surface area contributed by atoms with Gasteiger partial charge in [-0.2, -0.15) is 5.26 Å². The Bertz CT molecular complexity index is 737. The Kier molecular flexibility index (Phi) is 3.91. The molecule has 3 rings (SSSR count). The largest absolute Gasteiger partial charge is 0.344 e. The molecule has 6 nitrogen and oxygen atoms in total. The van der Waals surface area contributed by atoms with Crippen molar-refractivity contribution in [1.29, 1.82) is 0 Å². The molecule has 0 aliphatic carbocycles. The molecule has 0 fully saturated rings. The molecule has 23 heavy (non-hydrogen) atoms. The van der Waals surface area contributed by atoms with Gasteiger partial charge in [-0.15, -0.1) is 0 Å². The zero-order valence-electron chi connectivity index (χ0n) is 12.0. The summed E-state index contributed by atoms with van der Waals surface area (Å²) in [4.78, 5) is 41.4. The average molecular weight is 311 g/mol. The van der Waals surface area contributed by atoms with Crippen molar-refractivity contribution in [2.75, 3.05) is 0 Å². The number of nitrogens with zero attached hydrogens (tertiary/aromatic N) is 1. The van der Waals surface area contributed by atoms with Crippen LogP contribution in [-0.2, 0) is 9.68 Å². The second-order valence-electron chi connectivity index (χ2n) is 5.12. The van der Waals surface area contributed by atoms with E-state index in [1.54, 1.807) is 54.6 Å². The van der Waals surface area contributed by atoms with E-state index in [9.17, 15) is 14.4 Å². The minimum Gasteiger partial charge on any atom is -0.301 e. The number of carbonyl (C=O) groups is 3. The predicted octanol–water partition coefficient (Wildman–Crippen LogP) is 2.43. The molecule has 0 saturated carbocycles. The third-order valence-corrected chi connectivity index (χ3v) is 3.78. The molecule has 2 aromatic rings. The monoisotopic (exact) mass is 311 g/mol. The summed E-state index contributed by atoms with van der Waals surface area (Å²) in [6, 6.07) is 14.3. The van der Waals surface area contributed by atoms with Gasteiger partial charge in [-0.1, -0.05) is 42.5 Å². The van der Waals surface area contributed by atoms with Gasteiger partial charge in [0.1, 0.15) is 0 Å². The Balaban J connectivity index is 2.03. The molecule has 1 aliphatic heterocycles. The highest BCUT2D eigenvalue weighted by atomic mass is 17.1. The van der Waals surface area contributed by atoms with Crippen LogP contribution in [0.15, 0.2) is 54.6 Å². The molecule has 1 heterocycles. The van der Waals surface area contributed by atoms with Crippen LogP contribution < -0.4 is 0 Å². The Morgan fingerprint density at radius 3 is 2.00 bits per heavy atom. The highest BCUT2D eigenvalue weighted by Crippen LogP contribution is 2.33. The highest BCUT2D eigenvalue weighted by molar-refractivity contribution is 6.21. The topological polar surface area (TPSA) is 83.9 Å². The number of fused-ring (bicyclic) bond motifs is 1. The van der Waals surface area contributed by atoms with Crippen LogP contribution in [0.25, 0.3) is 0 Å². The summed E-state index contributed by atoms with van der Waals surface area (Å²) in [5, 5.41) is 8.54. The van der Waals surface area contributed by atoms with Gasteiger partial charge in [-0.05, 0) is 17.7 Å². The van der Waals surface area contributed by atoms with E-state index >= 15 is 0 Å². The molecule has 0 spiro atoms. The fraction of sp³-hybridized carbons (Fsp3) is 0.118. The van der Waals surface area contributed by atoms with E-state index in [0.29, 0.717) is 16.7 Å². The van der Waals surface area contributed by atoms with Gasteiger partial charge in [0.05, 0.1) is 23.6 Å². The average Bonchev–Trinajstić information content (AvgIpc) is 2.85. The van der Waals surface area contributed by atoms with Gasteiger partial charge in [0.25, 0.3) is 11.8 Å². The lowest BCUT2D eigenvalue weighted by Crippen LogP contribution is -2.35. The van der Waals surface area contributed by atoms with Crippen molar-refractivity contribution in [2.24, 2.45) is 0 Å². The Hall–Kier alpha value is -2.99. The zero-order chi connectivity index (χ0) is 16.4.